The maximum Gasteiger partial charge on any atom is 0.255 e. The Kier molecular flexibility index (Phi) is 4.70. The number of rotatable bonds is 4. The molecule has 0 spiro atoms. The van der Waals surface area contributed by atoms with E-state index >= 15 is 0 Å². The maximum atomic E-state index is 12.1. The monoisotopic (exact) mass is 430 g/mol. The zero-order chi connectivity index (χ0) is 22.4. The van der Waals surface area contributed by atoms with Gasteiger partial charge in [-0.3, -0.25) is 9.59 Å². The fraction of sp³-hybridized carbons (Fsp3) is 0.304. The van der Waals surface area contributed by atoms with Crippen LogP contribution in [0.4, 0.5) is 5.82 Å². The Morgan fingerprint density at radius 1 is 1.25 bits per heavy atom. The molecular weight excluding hydrogens is 408 g/mol. The molecule has 1 aromatic carbocycles. The van der Waals surface area contributed by atoms with Gasteiger partial charge in [0, 0.05) is 24.6 Å². The first-order chi connectivity index (χ1) is 15.4. The number of nitrogens with two attached hydrogens (primary N) is 2. The molecule has 0 bridgehead atoms. The van der Waals surface area contributed by atoms with E-state index in [4.69, 9.17) is 15.9 Å². The number of nitrogen functional groups attached to an aromatic ring is 1. The van der Waals surface area contributed by atoms with Gasteiger partial charge in [-0.25, -0.2) is 9.67 Å². The molecule has 9 heteroatoms. The van der Waals surface area contributed by atoms with Crippen LogP contribution < -0.4 is 11.5 Å². The third kappa shape index (κ3) is 3.50. The highest BCUT2D eigenvalue weighted by atomic mass is 16.3. The van der Waals surface area contributed by atoms with E-state index < -0.39 is 5.91 Å². The highest BCUT2D eigenvalue weighted by Gasteiger charge is 2.31. The van der Waals surface area contributed by atoms with Crippen LogP contribution in [-0.2, 0) is 4.79 Å². The fourth-order valence-corrected chi connectivity index (χ4v) is 3.99. The summed E-state index contributed by atoms with van der Waals surface area (Å²) >= 11 is 0. The molecule has 1 aliphatic carbocycles. The minimum Gasteiger partial charge on any atom is -0.440 e. The first-order valence-corrected chi connectivity index (χ1v) is 10.5. The number of oxazole rings is 1. The van der Waals surface area contributed by atoms with Gasteiger partial charge in [0.1, 0.15) is 16.9 Å². The first-order valence-electron chi connectivity index (χ1n) is 10.5. The number of hydrogen-bond acceptors (Lipinski definition) is 6. The molecule has 2 aliphatic rings. The molecule has 0 unspecified atom stereocenters. The van der Waals surface area contributed by atoms with Gasteiger partial charge in [0.2, 0.25) is 5.91 Å². The summed E-state index contributed by atoms with van der Waals surface area (Å²) < 4.78 is 7.33. The van der Waals surface area contributed by atoms with Crippen molar-refractivity contribution in [2.45, 2.75) is 31.2 Å². The quantitative estimate of drug-likeness (QED) is 0.480. The molecule has 1 aliphatic heterocycles. The van der Waals surface area contributed by atoms with Gasteiger partial charge in [-0.15, -0.1) is 0 Å². The second kappa shape index (κ2) is 7.57. The van der Waals surface area contributed by atoms with E-state index in [0.29, 0.717) is 31.0 Å². The van der Waals surface area contributed by atoms with Crippen molar-refractivity contribution < 1.29 is 14.0 Å². The van der Waals surface area contributed by atoms with Crippen LogP contribution in [0.25, 0.3) is 11.1 Å². The molecular formula is C23H22N6O3. The lowest BCUT2D eigenvalue weighted by molar-refractivity contribution is -0.125. The minimum atomic E-state index is -0.698. The van der Waals surface area contributed by atoms with E-state index in [1.165, 1.54) is 6.08 Å². The molecule has 2 amide bonds. The summed E-state index contributed by atoms with van der Waals surface area (Å²) in [5, 5.41) is 4.46. The minimum absolute atomic E-state index is 0.0875. The van der Waals surface area contributed by atoms with Crippen molar-refractivity contribution in [2.24, 2.45) is 5.73 Å². The van der Waals surface area contributed by atoms with E-state index in [9.17, 15) is 9.59 Å². The number of primary amides is 1. The average molecular weight is 430 g/mol. The summed E-state index contributed by atoms with van der Waals surface area (Å²) in [5.41, 5.74) is 14.2. The third-order valence-electron chi connectivity index (χ3n) is 5.85. The SMILES string of the molecule is C=CC(=O)N1CC[C@H](n2nc(C#Cc3ccc4oc(C5CC5)nc4c3)c(C(N)=O)c2N)C1. The lowest BCUT2D eigenvalue weighted by Gasteiger charge is -2.15. The number of anilines is 1. The smallest absolute Gasteiger partial charge is 0.255 e. The molecule has 1 atom stereocenters. The molecule has 1 saturated carbocycles. The topological polar surface area (TPSA) is 133 Å². The maximum absolute atomic E-state index is 12.1. The van der Waals surface area contributed by atoms with Crippen LogP contribution in [0.5, 0.6) is 0 Å². The lowest BCUT2D eigenvalue weighted by atomic mass is 10.1. The van der Waals surface area contributed by atoms with Crippen LogP contribution >= 0.6 is 0 Å². The van der Waals surface area contributed by atoms with Crippen molar-refractivity contribution in [1.82, 2.24) is 19.7 Å². The molecule has 9 nitrogen and oxygen atoms in total. The van der Waals surface area contributed by atoms with Gasteiger partial charge >= 0.3 is 0 Å². The number of hydrogen-bond donors (Lipinski definition) is 2. The number of likely N-dealkylation sites (tertiary alicyclic amines) is 1. The van der Waals surface area contributed by atoms with Crippen LogP contribution in [0.3, 0.4) is 0 Å². The highest BCUT2D eigenvalue weighted by molar-refractivity contribution is 5.99. The number of amides is 2. The largest absolute Gasteiger partial charge is 0.440 e. The van der Waals surface area contributed by atoms with E-state index in [1.807, 2.05) is 18.2 Å². The Labute approximate surface area is 184 Å². The Balaban J connectivity index is 1.45. The van der Waals surface area contributed by atoms with E-state index in [2.05, 4.69) is 28.5 Å². The number of aromatic nitrogens is 3. The molecule has 32 heavy (non-hydrogen) atoms. The van der Waals surface area contributed by atoms with Crippen LogP contribution in [0.15, 0.2) is 35.3 Å². The van der Waals surface area contributed by atoms with Crippen molar-refractivity contribution >= 4 is 28.7 Å². The van der Waals surface area contributed by atoms with Crippen molar-refractivity contribution in [3.05, 3.63) is 53.6 Å². The molecule has 2 aromatic heterocycles. The standard InChI is InChI=1S/C23H22N6O3/c1-2-19(30)28-10-9-15(12-28)29-21(24)20(22(25)31)16(27-29)7-3-13-4-8-18-17(11-13)26-23(32-18)14-5-6-14/h2,4,8,11,14-15H,1,5-6,9-10,12,24H2,(H2,25,31)/t15-/m0/s1. The Morgan fingerprint density at radius 3 is 2.78 bits per heavy atom. The second-order valence-electron chi connectivity index (χ2n) is 8.11. The molecule has 5 rings (SSSR count). The first kappa shape index (κ1) is 19.9. The highest BCUT2D eigenvalue weighted by Crippen LogP contribution is 2.40. The van der Waals surface area contributed by atoms with Crippen LogP contribution in [0, 0.1) is 11.8 Å². The third-order valence-corrected chi connectivity index (χ3v) is 5.85. The van der Waals surface area contributed by atoms with Crippen molar-refractivity contribution in [1.29, 1.82) is 0 Å². The Hall–Kier alpha value is -4.06. The van der Waals surface area contributed by atoms with E-state index in [1.54, 1.807) is 9.58 Å². The van der Waals surface area contributed by atoms with E-state index in [-0.39, 0.29) is 29.0 Å². The molecule has 4 N–H and O–H groups in total. The number of nitrogens with zero attached hydrogens (tertiary/aromatic N) is 4. The summed E-state index contributed by atoms with van der Waals surface area (Å²) in [6.45, 7) is 4.50. The average Bonchev–Trinajstić information content (AvgIpc) is 3.21. The van der Waals surface area contributed by atoms with Crippen LogP contribution in [0.2, 0.25) is 0 Å². The molecule has 3 heterocycles. The van der Waals surface area contributed by atoms with Gasteiger partial charge in [-0.05, 0) is 49.5 Å². The van der Waals surface area contributed by atoms with Gasteiger partial charge in [0.15, 0.2) is 17.2 Å². The number of carbonyl (C=O) groups is 2. The number of benzene rings is 1. The van der Waals surface area contributed by atoms with Gasteiger partial charge < -0.3 is 20.8 Å². The molecule has 3 aromatic rings. The normalized spacial score (nSPS) is 17.9. The Bertz CT molecular complexity index is 1320. The Morgan fingerprint density at radius 2 is 2.06 bits per heavy atom. The van der Waals surface area contributed by atoms with Crippen LogP contribution in [0.1, 0.15) is 58.7 Å². The predicted molar refractivity (Wildman–Crippen MR) is 118 cm³/mol. The zero-order valence-corrected chi connectivity index (χ0v) is 17.4. The second-order valence-corrected chi connectivity index (χ2v) is 8.11. The zero-order valence-electron chi connectivity index (χ0n) is 17.4. The van der Waals surface area contributed by atoms with E-state index in [0.717, 1.165) is 29.8 Å². The number of fused-ring (bicyclic) bond motifs is 1. The molecule has 162 valence electrons. The van der Waals surface area contributed by atoms with Crippen LogP contribution in [-0.4, -0.2) is 44.6 Å². The summed E-state index contributed by atoms with van der Waals surface area (Å²) in [5.74, 6) is 6.45. The molecule has 2 fully saturated rings. The summed E-state index contributed by atoms with van der Waals surface area (Å²) in [6.07, 6.45) is 4.16. The van der Waals surface area contributed by atoms with Gasteiger partial charge in [-0.2, -0.15) is 5.10 Å². The van der Waals surface area contributed by atoms with Crippen molar-refractivity contribution in [3.63, 3.8) is 0 Å². The predicted octanol–water partition coefficient (Wildman–Crippen LogP) is 1.94. The molecule has 0 radical (unpaired) electrons. The lowest BCUT2D eigenvalue weighted by Crippen LogP contribution is -2.27. The summed E-state index contributed by atoms with van der Waals surface area (Å²) in [7, 11) is 0. The fourth-order valence-electron chi connectivity index (χ4n) is 3.99. The summed E-state index contributed by atoms with van der Waals surface area (Å²) in [4.78, 5) is 30.2. The summed E-state index contributed by atoms with van der Waals surface area (Å²) in [6, 6.07) is 5.35. The molecule has 1 saturated heterocycles. The van der Waals surface area contributed by atoms with Gasteiger partial charge in [0.25, 0.3) is 5.91 Å². The van der Waals surface area contributed by atoms with Gasteiger partial charge in [0.05, 0.1) is 6.04 Å². The van der Waals surface area contributed by atoms with Crippen molar-refractivity contribution in [2.75, 3.05) is 18.8 Å². The van der Waals surface area contributed by atoms with Gasteiger partial charge in [-0.1, -0.05) is 12.5 Å². The van der Waals surface area contributed by atoms with Crippen molar-refractivity contribution in [3.8, 4) is 11.8 Å². The number of carbonyl (C=O) groups excluding carboxylic acids is 2.